The van der Waals surface area contributed by atoms with Crippen LogP contribution < -0.4 is 10.1 Å². The molecular formula is C13H18N2O3S. The van der Waals surface area contributed by atoms with Crippen molar-refractivity contribution in [1.82, 2.24) is 0 Å². The van der Waals surface area contributed by atoms with Gasteiger partial charge in [-0.1, -0.05) is 24.6 Å². The fraction of sp³-hybridized carbons (Fsp3) is 0.385. The molecule has 0 saturated heterocycles. The lowest BCUT2D eigenvalue weighted by molar-refractivity contribution is -0.667. The van der Waals surface area contributed by atoms with Gasteiger partial charge in [0.05, 0.1) is 16.6 Å². The predicted molar refractivity (Wildman–Crippen MR) is 74.3 cm³/mol. The van der Waals surface area contributed by atoms with E-state index >= 15 is 0 Å². The zero-order chi connectivity index (χ0) is 14.1. The van der Waals surface area contributed by atoms with Gasteiger partial charge in [0.2, 0.25) is 0 Å². The highest BCUT2D eigenvalue weighted by Gasteiger charge is 2.03. The molecule has 2 N–H and O–H groups in total. The normalized spacial score (nSPS) is 10.9. The van der Waals surface area contributed by atoms with Crippen molar-refractivity contribution in [3.63, 3.8) is 0 Å². The number of hydrogen-bond acceptors (Lipinski definition) is 3. The minimum atomic E-state index is -3.23. The minimum Gasteiger partial charge on any atom is -0.545 e. The van der Waals surface area contributed by atoms with Crippen molar-refractivity contribution >= 4 is 10.0 Å². The number of benzene rings is 1. The Morgan fingerprint density at radius 3 is 2.84 bits per heavy atom. The first-order valence-corrected chi connectivity index (χ1v) is 7.72. The number of nitrogens with zero attached hydrogens (tertiary/aromatic N) is 1. The van der Waals surface area contributed by atoms with Crippen LogP contribution in [0.4, 0.5) is 0 Å². The molecule has 5 nitrogen and oxygen atoms in total. The van der Waals surface area contributed by atoms with Crippen molar-refractivity contribution < 1.29 is 18.5 Å². The number of rotatable bonds is 8. The van der Waals surface area contributed by atoms with Crippen LogP contribution in [0.5, 0.6) is 5.75 Å². The molecule has 0 aliphatic rings. The van der Waals surface area contributed by atoms with E-state index in [-0.39, 0.29) is 13.2 Å². The first kappa shape index (κ1) is 15.5. The summed E-state index contributed by atoms with van der Waals surface area (Å²) >= 11 is 0. The maximum atomic E-state index is 10.8. The molecule has 0 spiro atoms. The maximum absolute atomic E-state index is 10.8. The summed E-state index contributed by atoms with van der Waals surface area (Å²) in [6.07, 6.45) is 6.25. The molecular weight excluding hydrogens is 264 g/mol. The molecule has 0 saturated carbocycles. The van der Waals surface area contributed by atoms with Gasteiger partial charge in [-0.3, -0.25) is 0 Å². The Bertz CT molecular complexity index is 535. The molecule has 0 fully saturated rings. The Balaban J connectivity index is 2.38. The number of quaternary nitrogens is 1. The van der Waals surface area contributed by atoms with E-state index in [1.54, 1.807) is 0 Å². The standard InChI is InChI=1S/C13H17N2O3S/c1-3-10-18-13-7-5-4-6-12(13)11-14-8-9-15-19(2,16)17/h1,4-7,14H,8-11H2,2H3/q-1/p+1. The van der Waals surface area contributed by atoms with Gasteiger partial charge in [-0.15, -0.1) is 6.42 Å². The van der Waals surface area contributed by atoms with Crippen molar-refractivity contribution in [3.05, 3.63) is 34.6 Å². The molecule has 0 aliphatic carbocycles. The van der Waals surface area contributed by atoms with Gasteiger partial charge in [-0.25, -0.2) is 8.42 Å². The van der Waals surface area contributed by atoms with E-state index in [4.69, 9.17) is 11.2 Å². The van der Waals surface area contributed by atoms with Gasteiger partial charge < -0.3 is 14.8 Å². The zero-order valence-corrected chi connectivity index (χ0v) is 11.7. The van der Waals surface area contributed by atoms with Crippen LogP contribution in [0.3, 0.4) is 0 Å². The Labute approximate surface area is 114 Å². The zero-order valence-electron chi connectivity index (χ0n) is 10.9. The van der Waals surface area contributed by atoms with Crippen molar-refractivity contribution in [1.29, 1.82) is 0 Å². The van der Waals surface area contributed by atoms with Gasteiger partial charge in [-0.2, -0.15) is 0 Å². The second-order valence-corrected chi connectivity index (χ2v) is 5.69. The van der Waals surface area contributed by atoms with Crippen LogP contribution in [0.25, 0.3) is 4.72 Å². The number of nitrogens with two attached hydrogens (primary N) is 1. The maximum Gasteiger partial charge on any atom is 0.148 e. The third-order valence-electron chi connectivity index (χ3n) is 2.31. The summed E-state index contributed by atoms with van der Waals surface area (Å²) in [5.41, 5.74) is 1.03. The Morgan fingerprint density at radius 1 is 1.42 bits per heavy atom. The highest BCUT2D eigenvalue weighted by Crippen LogP contribution is 2.16. The molecule has 1 aromatic carbocycles. The summed E-state index contributed by atoms with van der Waals surface area (Å²) in [6, 6.07) is 7.62. The highest BCUT2D eigenvalue weighted by molar-refractivity contribution is 7.93. The van der Waals surface area contributed by atoms with Gasteiger partial charge >= 0.3 is 0 Å². The number of sulfonamides is 1. The monoisotopic (exact) mass is 282 g/mol. The van der Waals surface area contributed by atoms with E-state index in [1.807, 2.05) is 29.6 Å². The summed E-state index contributed by atoms with van der Waals surface area (Å²) in [4.78, 5) is 0. The minimum absolute atomic E-state index is 0.237. The SMILES string of the molecule is C#CCOc1ccccc1C[NH2+]CC[N-]S(C)(=O)=O. The molecule has 0 heterocycles. The van der Waals surface area contributed by atoms with Crippen LogP contribution >= 0.6 is 0 Å². The van der Waals surface area contributed by atoms with Crippen molar-refractivity contribution in [2.24, 2.45) is 0 Å². The second-order valence-electron chi connectivity index (χ2n) is 3.97. The average Bonchev–Trinajstić information content (AvgIpc) is 2.36. The summed E-state index contributed by atoms with van der Waals surface area (Å²) in [7, 11) is -3.23. The van der Waals surface area contributed by atoms with Gasteiger partial charge in [0.15, 0.2) is 0 Å². The Morgan fingerprint density at radius 2 is 2.16 bits per heavy atom. The third kappa shape index (κ3) is 6.82. The van der Waals surface area contributed by atoms with Crippen LogP contribution in [-0.4, -0.2) is 34.4 Å². The van der Waals surface area contributed by atoms with Gasteiger partial charge in [0, 0.05) is 11.8 Å². The average molecular weight is 282 g/mol. The summed E-state index contributed by atoms with van der Waals surface area (Å²) < 4.78 is 30.6. The molecule has 0 radical (unpaired) electrons. The van der Waals surface area contributed by atoms with Crippen LogP contribution in [-0.2, 0) is 16.6 Å². The molecule has 104 valence electrons. The van der Waals surface area contributed by atoms with Crippen LogP contribution in [0.1, 0.15) is 5.56 Å². The van der Waals surface area contributed by atoms with E-state index in [9.17, 15) is 8.42 Å². The summed E-state index contributed by atoms with van der Waals surface area (Å²) in [5.74, 6) is 3.18. The fourth-order valence-electron chi connectivity index (χ4n) is 1.50. The molecule has 0 aromatic heterocycles. The second kappa shape index (κ2) is 7.79. The van der Waals surface area contributed by atoms with Gasteiger partial charge in [0.25, 0.3) is 0 Å². The molecule has 0 unspecified atom stereocenters. The number of hydrogen-bond donors (Lipinski definition) is 1. The van der Waals surface area contributed by atoms with Crippen molar-refractivity contribution in [3.8, 4) is 18.1 Å². The fourth-order valence-corrected chi connectivity index (χ4v) is 1.94. The van der Waals surface area contributed by atoms with Crippen LogP contribution in [0, 0.1) is 12.3 Å². The van der Waals surface area contributed by atoms with Gasteiger partial charge in [-0.05, 0) is 12.1 Å². The van der Waals surface area contributed by atoms with E-state index in [0.29, 0.717) is 13.1 Å². The Kier molecular flexibility index (Phi) is 6.36. The molecule has 6 heteroatoms. The molecule has 0 bridgehead atoms. The lowest BCUT2D eigenvalue weighted by Gasteiger charge is -2.15. The first-order valence-electron chi connectivity index (χ1n) is 5.87. The molecule has 1 aromatic rings. The number of para-hydroxylation sites is 1. The topological polar surface area (TPSA) is 74.1 Å². The highest BCUT2D eigenvalue weighted by atomic mass is 32.2. The first-order chi connectivity index (χ1) is 9.03. The molecule has 0 aliphatic heterocycles. The predicted octanol–water partition coefficient (Wildman–Crippen LogP) is 0.0953. The van der Waals surface area contributed by atoms with Crippen LogP contribution in [0.2, 0.25) is 0 Å². The smallest absolute Gasteiger partial charge is 0.148 e. The van der Waals surface area contributed by atoms with Gasteiger partial charge in [0.1, 0.15) is 18.9 Å². The molecule has 0 amide bonds. The quantitative estimate of drug-likeness (QED) is 0.542. The summed E-state index contributed by atoms with van der Waals surface area (Å²) in [5, 5.41) is 1.98. The van der Waals surface area contributed by atoms with E-state index in [0.717, 1.165) is 17.6 Å². The van der Waals surface area contributed by atoms with E-state index in [2.05, 4.69) is 10.6 Å². The van der Waals surface area contributed by atoms with Crippen molar-refractivity contribution in [2.75, 3.05) is 26.0 Å². The Hall–Kier alpha value is -1.55. The lowest BCUT2D eigenvalue weighted by Crippen LogP contribution is -2.83. The van der Waals surface area contributed by atoms with Crippen LogP contribution in [0.15, 0.2) is 24.3 Å². The van der Waals surface area contributed by atoms with Crippen molar-refractivity contribution in [2.45, 2.75) is 6.54 Å². The molecule has 1 rings (SSSR count). The lowest BCUT2D eigenvalue weighted by atomic mass is 10.2. The number of terminal acetylenes is 1. The summed E-state index contributed by atoms with van der Waals surface area (Å²) in [6.45, 7) is 1.82. The largest absolute Gasteiger partial charge is 0.545 e. The number of ether oxygens (including phenoxy) is 1. The third-order valence-corrected chi connectivity index (χ3v) is 2.96. The molecule has 0 atom stereocenters. The molecule has 19 heavy (non-hydrogen) atoms. The van der Waals surface area contributed by atoms with E-state index < -0.39 is 10.0 Å². The van der Waals surface area contributed by atoms with E-state index in [1.165, 1.54) is 0 Å².